The maximum atomic E-state index is 12.2. The summed E-state index contributed by atoms with van der Waals surface area (Å²) in [5, 5.41) is 17.7. The van der Waals surface area contributed by atoms with Crippen LogP contribution in [0, 0.1) is 28.1 Å². The second-order valence-corrected chi connectivity index (χ2v) is 4.24. The van der Waals surface area contributed by atoms with E-state index in [0.717, 1.165) is 6.42 Å². The molecule has 0 N–H and O–H groups in total. The molecule has 0 atom stereocenters. The zero-order valence-corrected chi connectivity index (χ0v) is 10.1. The van der Waals surface area contributed by atoms with E-state index in [2.05, 4.69) is 6.07 Å². The second-order valence-electron chi connectivity index (χ2n) is 4.24. The number of ether oxygens (including phenoxy) is 1. The molecular formula is C12H17N3O2. The van der Waals surface area contributed by atoms with E-state index in [4.69, 9.17) is 15.3 Å². The molecule has 0 aromatic heterocycles. The van der Waals surface area contributed by atoms with Crippen LogP contribution in [0.1, 0.15) is 25.7 Å². The smallest absolute Gasteiger partial charge is 0.243 e. The molecule has 0 heterocycles. The Labute approximate surface area is 102 Å². The first kappa shape index (κ1) is 13.5. The minimum absolute atomic E-state index is 0.140. The van der Waals surface area contributed by atoms with Crippen LogP contribution in [0.5, 0.6) is 0 Å². The van der Waals surface area contributed by atoms with Crippen LogP contribution >= 0.6 is 0 Å². The third kappa shape index (κ3) is 2.95. The van der Waals surface area contributed by atoms with Crippen molar-refractivity contribution in [3.05, 3.63) is 0 Å². The maximum absolute atomic E-state index is 12.2. The molecule has 1 aliphatic rings. The Kier molecular flexibility index (Phi) is 4.93. The van der Waals surface area contributed by atoms with Crippen molar-refractivity contribution in [2.24, 2.45) is 5.41 Å². The van der Waals surface area contributed by atoms with Gasteiger partial charge in [-0.05, 0) is 19.3 Å². The summed E-state index contributed by atoms with van der Waals surface area (Å²) in [7, 11) is 1.57. The SMILES string of the molecule is COCCN(CCC#N)C(=O)C1(C#N)CCC1. The Morgan fingerprint density at radius 1 is 1.41 bits per heavy atom. The van der Waals surface area contributed by atoms with E-state index in [-0.39, 0.29) is 12.3 Å². The third-order valence-corrected chi connectivity index (χ3v) is 3.18. The summed E-state index contributed by atoms with van der Waals surface area (Å²) in [5.74, 6) is -0.140. The lowest BCUT2D eigenvalue weighted by Gasteiger charge is -2.37. The molecule has 0 spiro atoms. The van der Waals surface area contributed by atoms with Gasteiger partial charge in [-0.1, -0.05) is 0 Å². The minimum atomic E-state index is -0.830. The van der Waals surface area contributed by atoms with E-state index < -0.39 is 5.41 Å². The molecule has 0 radical (unpaired) electrons. The zero-order chi connectivity index (χ0) is 12.7. The van der Waals surface area contributed by atoms with Crippen molar-refractivity contribution in [2.45, 2.75) is 25.7 Å². The molecule has 5 nitrogen and oxygen atoms in total. The lowest BCUT2D eigenvalue weighted by Crippen LogP contribution is -2.48. The normalized spacial score (nSPS) is 16.4. The molecule has 1 amide bonds. The van der Waals surface area contributed by atoms with Gasteiger partial charge in [0.1, 0.15) is 5.41 Å². The first-order chi connectivity index (χ1) is 8.20. The predicted molar refractivity (Wildman–Crippen MR) is 60.6 cm³/mol. The van der Waals surface area contributed by atoms with E-state index in [1.807, 2.05) is 6.07 Å². The van der Waals surface area contributed by atoms with Crippen LogP contribution in [-0.4, -0.2) is 37.6 Å². The van der Waals surface area contributed by atoms with Crippen LogP contribution in [0.2, 0.25) is 0 Å². The highest BCUT2D eigenvalue weighted by atomic mass is 16.5. The molecule has 17 heavy (non-hydrogen) atoms. The Bertz CT molecular complexity index is 350. The standard InChI is InChI=1S/C12H17N3O2/c1-17-9-8-15(7-3-6-13)11(16)12(10-14)4-2-5-12/h2-5,7-9H2,1H3. The number of nitrogens with zero attached hydrogens (tertiary/aromatic N) is 3. The molecule has 1 aliphatic carbocycles. The summed E-state index contributed by atoms with van der Waals surface area (Å²) in [6.07, 6.45) is 2.49. The van der Waals surface area contributed by atoms with E-state index in [1.54, 1.807) is 12.0 Å². The van der Waals surface area contributed by atoms with Gasteiger partial charge in [-0.3, -0.25) is 4.79 Å². The summed E-state index contributed by atoms with van der Waals surface area (Å²) in [6, 6.07) is 4.15. The van der Waals surface area contributed by atoms with Gasteiger partial charge in [0, 0.05) is 20.2 Å². The number of rotatable bonds is 6. The monoisotopic (exact) mass is 235 g/mol. The molecule has 92 valence electrons. The molecular weight excluding hydrogens is 218 g/mol. The molecule has 0 aromatic rings. The molecule has 1 rings (SSSR count). The summed E-state index contributed by atoms with van der Waals surface area (Å²) < 4.78 is 4.94. The van der Waals surface area contributed by atoms with Gasteiger partial charge >= 0.3 is 0 Å². The lowest BCUT2D eigenvalue weighted by molar-refractivity contribution is -0.143. The van der Waals surface area contributed by atoms with E-state index in [1.165, 1.54) is 0 Å². The fourth-order valence-electron chi connectivity index (χ4n) is 1.91. The van der Waals surface area contributed by atoms with Crippen LogP contribution < -0.4 is 0 Å². The van der Waals surface area contributed by atoms with Crippen LogP contribution in [0.15, 0.2) is 0 Å². The number of carbonyl (C=O) groups excluding carboxylic acids is 1. The number of hydrogen-bond donors (Lipinski definition) is 0. The van der Waals surface area contributed by atoms with Crippen molar-refractivity contribution in [3.8, 4) is 12.1 Å². The van der Waals surface area contributed by atoms with Gasteiger partial charge in [-0.2, -0.15) is 10.5 Å². The van der Waals surface area contributed by atoms with Gasteiger partial charge in [0.25, 0.3) is 0 Å². The Hall–Kier alpha value is -1.59. The van der Waals surface area contributed by atoms with Crippen molar-refractivity contribution in [2.75, 3.05) is 26.8 Å². The topological polar surface area (TPSA) is 77.1 Å². The first-order valence-electron chi connectivity index (χ1n) is 5.76. The van der Waals surface area contributed by atoms with Crippen LogP contribution in [0.25, 0.3) is 0 Å². The summed E-state index contributed by atoms with van der Waals surface area (Å²) in [4.78, 5) is 13.8. The predicted octanol–water partition coefficient (Wildman–Crippen LogP) is 1.07. The lowest BCUT2D eigenvalue weighted by atomic mass is 9.69. The van der Waals surface area contributed by atoms with Crippen molar-refractivity contribution >= 4 is 5.91 Å². The Balaban J connectivity index is 2.65. The number of carbonyl (C=O) groups is 1. The fraction of sp³-hybridized carbons (Fsp3) is 0.750. The average Bonchev–Trinajstić information content (AvgIpc) is 2.28. The molecule has 5 heteroatoms. The minimum Gasteiger partial charge on any atom is -0.383 e. The first-order valence-corrected chi connectivity index (χ1v) is 5.76. The van der Waals surface area contributed by atoms with Crippen LogP contribution in [0.4, 0.5) is 0 Å². The molecule has 1 saturated carbocycles. The van der Waals surface area contributed by atoms with Crippen LogP contribution in [-0.2, 0) is 9.53 Å². The molecule has 0 bridgehead atoms. The van der Waals surface area contributed by atoms with Gasteiger partial charge in [-0.15, -0.1) is 0 Å². The van der Waals surface area contributed by atoms with Gasteiger partial charge in [-0.25, -0.2) is 0 Å². The van der Waals surface area contributed by atoms with Gasteiger partial charge in [0.05, 0.1) is 25.2 Å². The van der Waals surface area contributed by atoms with Crippen LogP contribution in [0.3, 0.4) is 0 Å². The summed E-state index contributed by atoms with van der Waals surface area (Å²) in [6.45, 7) is 1.25. The number of methoxy groups -OCH3 is 1. The highest BCUT2D eigenvalue weighted by Gasteiger charge is 2.46. The highest BCUT2D eigenvalue weighted by Crippen LogP contribution is 2.41. The highest BCUT2D eigenvalue weighted by molar-refractivity contribution is 5.86. The number of amides is 1. The fourth-order valence-corrected chi connectivity index (χ4v) is 1.91. The van der Waals surface area contributed by atoms with Gasteiger partial charge in [0.2, 0.25) is 5.91 Å². The van der Waals surface area contributed by atoms with Gasteiger partial charge in [0.15, 0.2) is 0 Å². The largest absolute Gasteiger partial charge is 0.383 e. The van der Waals surface area contributed by atoms with Crippen molar-refractivity contribution in [3.63, 3.8) is 0 Å². The maximum Gasteiger partial charge on any atom is 0.243 e. The molecule has 0 aliphatic heterocycles. The second kappa shape index (κ2) is 6.22. The third-order valence-electron chi connectivity index (χ3n) is 3.18. The summed E-state index contributed by atoms with van der Waals surface area (Å²) >= 11 is 0. The quantitative estimate of drug-likeness (QED) is 0.690. The van der Waals surface area contributed by atoms with Gasteiger partial charge < -0.3 is 9.64 Å². The number of hydrogen-bond acceptors (Lipinski definition) is 4. The Morgan fingerprint density at radius 2 is 2.12 bits per heavy atom. The number of nitriles is 2. The Morgan fingerprint density at radius 3 is 2.53 bits per heavy atom. The average molecular weight is 235 g/mol. The van der Waals surface area contributed by atoms with Crippen molar-refractivity contribution in [1.82, 2.24) is 4.90 Å². The van der Waals surface area contributed by atoms with E-state index >= 15 is 0 Å². The van der Waals surface area contributed by atoms with E-state index in [0.29, 0.717) is 32.5 Å². The van der Waals surface area contributed by atoms with Crippen molar-refractivity contribution < 1.29 is 9.53 Å². The molecule has 1 fully saturated rings. The summed E-state index contributed by atoms with van der Waals surface area (Å²) in [5.41, 5.74) is -0.830. The van der Waals surface area contributed by atoms with E-state index in [9.17, 15) is 4.79 Å². The molecule has 0 saturated heterocycles. The molecule has 0 unspecified atom stereocenters. The zero-order valence-electron chi connectivity index (χ0n) is 10.1. The van der Waals surface area contributed by atoms with Crippen molar-refractivity contribution in [1.29, 1.82) is 10.5 Å². The molecule has 0 aromatic carbocycles.